The van der Waals surface area contributed by atoms with Crippen molar-refractivity contribution in [2.75, 3.05) is 0 Å². The molecular weight excluding hydrogens is 244 g/mol. The third kappa shape index (κ3) is 2.29. The Labute approximate surface area is 110 Å². The molecule has 1 amide bonds. The van der Waals surface area contributed by atoms with Crippen molar-refractivity contribution in [3.63, 3.8) is 0 Å². The molecular formula is C14H14N2OS. The molecule has 0 aromatic carbocycles. The lowest BCUT2D eigenvalue weighted by Crippen LogP contribution is -2.21. The number of pyridine rings is 1. The predicted octanol–water partition coefficient (Wildman–Crippen LogP) is 2.56. The first-order chi connectivity index (χ1) is 8.83. The summed E-state index contributed by atoms with van der Waals surface area (Å²) >= 11 is 1.64. The summed E-state index contributed by atoms with van der Waals surface area (Å²) in [6.45, 7) is 0.537. The summed E-state index contributed by atoms with van der Waals surface area (Å²) in [7, 11) is 0. The fraction of sp³-hybridized carbons (Fsp3) is 0.286. The number of carbonyl (C=O) groups is 1. The van der Waals surface area contributed by atoms with E-state index in [9.17, 15) is 4.79 Å². The Balaban J connectivity index is 1.64. The number of nitrogens with zero attached hydrogens (tertiary/aromatic N) is 1. The lowest BCUT2D eigenvalue weighted by molar-refractivity contribution is 0.0955. The predicted molar refractivity (Wildman–Crippen MR) is 71.8 cm³/mol. The van der Waals surface area contributed by atoms with Crippen LogP contribution < -0.4 is 5.32 Å². The van der Waals surface area contributed by atoms with Crippen molar-refractivity contribution in [3.8, 4) is 0 Å². The minimum absolute atomic E-state index is 0.0262. The summed E-state index contributed by atoms with van der Waals surface area (Å²) < 4.78 is 0. The minimum atomic E-state index is 0.0262. The van der Waals surface area contributed by atoms with E-state index in [1.807, 2.05) is 18.2 Å². The number of nitrogens with one attached hydrogen (secondary N) is 1. The van der Waals surface area contributed by atoms with E-state index in [0.29, 0.717) is 6.54 Å². The molecule has 0 saturated carbocycles. The number of thiophene rings is 1. The van der Waals surface area contributed by atoms with Crippen LogP contribution in [0.25, 0.3) is 0 Å². The van der Waals surface area contributed by atoms with Crippen LogP contribution >= 0.6 is 11.3 Å². The van der Waals surface area contributed by atoms with E-state index in [4.69, 9.17) is 0 Å². The SMILES string of the molecule is O=C(NCc1cccnc1)c1cc2c(s1)CCC2. The summed E-state index contributed by atoms with van der Waals surface area (Å²) in [5.41, 5.74) is 2.39. The van der Waals surface area contributed by atoms with Gasteiger partial charge in [0, 0.05) is 23.8 Å². The molecule has 0 fully saturated rings. The maximum atomic E-state index is 12.0. The second kappa shape index (κ2) is 4.90. The van der Waals surface area contributed by atoms with E-state index in [0.717, 1.165) is 23.3 Å². The van der Waals surface area contributed by atoms with Gasteiger partial charge in [-0.2, -0.15) is 0 Å². The van der Waals surface area contributed by atoms with Crippen LogP contribution in [-0.4, -0.2) is 10.9 Å². The molecule has 0 radical (unpaired) electrons. The molecule has 1 aliphatic carbocycles. The largest absolute Gasteiger partial charge is 0.347 e. The van der Waals surface area contributed by atoms with Crippen LogP contribution in [0.3, 0.4) is 0 Å². The monoisotopic (exact) mass is 258 g/mol. The molecule has 0 saturated heterocycles. The Morgan fingerprint density at radius 2 is 2.39 bits per heavy atom. The summed E-state index contributed by atoms with van der Waals surface area (Å²) in [5.74, 6) is 0.0262. The molecule has 2 heterocycles. The van der Waals surface area contributed by atoms with Crippen molar-refractivity contribution in [2.45, 2.75) is 25.8 Å². The van der Waals surface area contributed by atoms with E-state index in [1.165, 1.54) is 16.9 Å². The number of hydrogen-bond donors (Lipinski definition) is 1. The van der Waals surface area contributed by atoms with Gasteiger partial charge in [0.2, 0.25) is 0 Å². The number of hydrogen-bond acceptors (Lipinski definition) is 3. The van der Waals surface area contributed by atoms with Crippen LogP contribution in [0.4, 0.5) is 0 Å². The highest BCUT2D eigenvalue weighted by Crippen LogP contribution is 2.30. The van der Waals surface area contributed by atoms with Gasteiger partial charge < -0.3 is 5.32 Å². The topological polar surface area (TPSA) is 42.0 Å². The molecule has 0 bridgehead atoms. The third-order valence-electron chi connectivity index (χ3n) is 3.15. The highest BCUT2D eigenvalue weighted by Gasteiger charge is 2.18. The Morgan fingerprint density at radius 3 is 3.17 bits per heavy atom. The number of aryl methyl sites for hydroxylation is 2. The van der Waals surface area contributed by atoms with E-state index in [1.54, 1.807) is 23.7 Å². The summed E-state index contributed by atoms with van der Waals surface area (Å²) in [6, 6.07) is 5.88. The highest BCUT2D eigenvalue weighted by molar-refractivity contribution is 7.14. The zero-order chi connectivity index (χ0) is 12.4. The van der Waals surface area contributed by atoms with Gasteiger partial charge in [-0.3, -0.25) is 9.78 Å². The van der Waals surface area contributed by atoms with E-state index < -0.39 is 0 Å². The van der Waals surface area contributed by atoms with Crippen LogP contribution in [0, 0.1) is 0 Å². The molecule has 92 valence electrons. The Kier molecular flexibility index (Phi) is 3.11. The van der Waals surface area contributed by atoms with Crippen molar-refractivity contribution >= 4 is 17.2 Å². The van der Waals surface area contributed by atoms with Gasteiger partial charge in [-0.1, -0.05) is 6.07 Å². The molecule has 2 aromatic heterocycles. The maximum Gasteiger partial charge on any atom is 0.261 e. The lowest BCUT2D eigenvalue weighted by atomic mass is 10.2. The number of amides is 1. The molecule has 0 unspecified atom stereocenters. The first-order valence-corrected chi connectivity index (χ1v) is 6.93. The van der Waals surface area contributed by atoms with Crippen molar-refractivity contribution in [1.82, 2.24) is 10.3 Å². The normalized spacial score (nSPS) is 13.3. The molecule has 0 atom stereocenters. The average Bonchev–Trinajstić information content (AvgIpc) is 2.98. The van der Waals surface area contributed by atoms with Crippen LogP contribution in [0.1, 0.15) is 32.1 Å². The minimum Gasteiger partial charge on any atom is -0.347 e. The Hall–Kier alpha value is -1.68. The molecule has 1 aliphatic rings. The Bertz CT molecular complexity index is 541. The van der Waals surface area contributed by atoms with Crippen LogP contribution in [-0.2, 0) is 19.4 Å². The smallest absolute Gasteiger partial charge is 0.261 e. The Morgan fingerprint density at radius 1 is 1.44 bits per heavy atom. The molecule has 3 rings (SSSR count). The van der Waals surface area contributed by atoms with Gasteiger partial charge in [-0.05, 0) is 42.5 Å². The van der Waals surface area contributed by atoms with Crippen molar-refractivity contribution in [1.29, 1.82) is 0 Å². The third-order valence-corrected chi connectivity index (χ3v) is 4.38. The van der Waals surface area contributed by atoms with Crippen LogP contribution in [0.2, 0.25) is 0 Å². The molecule has 0 aliphatic heterocycles. The van der Waals surface area contributed by atoms with E-state index >= 15 is 0 Å². The second-order valence-corrected chi connectivity index (χ2v) is 5.59. The molecule has 1 N–H and O–H groups in total. The first kappa shape index (κ1) is 11.4. The number of rotatable bonds is 3. The number of carbonyl (C=O) groups excluding carboxylic acids is 1. The first-order valence-electron chi connectivity index (χ1n) is 6.11. The van der Waals surface area contributed by atoms with Gasteiger partial charge in [0.1, 0.15) is 0 Å². The quantitative estimate of drug-likeness (QED) is 0.919. The van der Waals surface area contributed by atoms with Crippen LogP contribution in [0.5, 0.6) is 0 Å². The van der Waals surface area contributed by atoms with Gasteiger partial charge in [0.05, 0.1) is 4.88 Å². The van der Waals surface area contributed by atoms with Gasteiger partial charge >= 0.3 is 0 Å². The maximum absolute atomic E-state index is 12.0. The lowest BCUT2D eigenvalue weighted by Gasteiger charge is -2.02. The molecule has 4 heteroatoms. The van der Waals surface area contributed by atoms with E-state index in [2.05, 4.69) is 10.3 Å². The summed E-state index contributed by atoms with van der Waals surface area (Å²) in [5, 5.41) is 2.94. The summed E-state index contributed by atoms with van der Waals surface area (Å²) in [6.07, 6.45) is 7.00. The summed E-state index contributed by atoms with van der Waals surface area (Å²) in [4.78, 5) is 18.3. The standard InChI is InChI=1S/C14H14N2OS/c17-14(16-9-10-3-2-6-15-8-10)13-7-11-4-1-5-12(11)18-13/h2-3,6-8H,1,4-5,9H2,(H,16,17). The van der Waals surface area contributed by atoms with Crippen molar-refractivity contribution in [2.24, 2.45) is 0 Å². The zero-order valence-electron chi connectivity index (χ0n) is 9.98. The second-order valence-electron chi connectivity index (χ2n) is 4.46. The fourth-order valence-corrected chi connectivity index (χ4v) is 3.38. The van der Waals surface area contributed by atoms with Gasteiger partial charge in [0.25, 0.3) is 5.91 Å². The number of aromatic nitrogens is 1. The van der Waals surface area contributed by atoms with Crippen LogP contribution in [0.15, 0.2) is 30.6 Å². The molecule has 18 heavy (non-hydrogen) atoms. The highest BCUT2D eigenvalue weighted by atomic mass is 32.1. The molecule has 0 spiro atoms. The fourth-order valence-electron chi connectivity index (χ4n) is 2.21. The van der Waals surface area contributed by atoms with Gasteiger partial charge in [0.15, 0.2) is 0 Å². The van der Waals surface area contributed by atoms with Gasteiger partial charge in [-0.25, -0.2) is 0 Å². The average molecular weight is 258 g/mol. The van der Waals surface area contributed by atoms with Gasteiger partial charge in [-0.15, -0.1) is 11.3 Å². The molecule has 2 aromatic rings. The van der Waals surface area contributed by atoms with Crippen molar-refractivity contribution in [3.05, 3.63) is 51.5 Å². The number of fused-ring (bicyclic) bond motifs is 1. The zero-order valence-corrected chi connectivity index (χ0v) is 10.8. The van der Waals surface area contributed by atoms with E-state index in [-0.39, 0.29) is 5.91 Å². The van der Waals surface area contributed by atoms with Crippen molar-refractivity contribution < 1.29 is 4.79 Å². The molecule has 3 nitrogen and oxygen atoms in total.